The topological polar surface area (TPSA) is 67.2 Å². The lowest BCUT2D eigenvalue weighted by Crippen LogP contribution is -2.41. The summed E-state index contributed by atoms with van der Waals surface area (Å²) in [5, 5.41) is 4.52. The molecule has 33 heavy (non-hydrogen) atoms. The maximum absolute atomic E-state index is 13.4. The molecule has 2 aromatic carbocycles. The summed E-state index contributed by atoms with van der Waals surface area (Å²) in [7, 11) is 0. The van der Waals surface area contributed by atoms with Gasteiger partial charge in [0.05, 0.1) is 11.2 Å². The van der Waals surface area contributed by atoms with E-state index in [0.717, 1.165) is 17.8 Å². The number of carbonyl (C=O) groups excluding carboxylic acids is 1. The van der Waals surface area contributed by atoms with Crippen LogP contribution < -0.4 is 15.8 Å². The molecule has 0 spiro atoms. The molecule has 1 fully saturated rings. The van der Waals surface area contributed by atoms with Gasteiger partial charge < -0.3 is 10.2 Å². The Morgan fingerprint density at radius 3 is 2.52 bits per heavy atom. The van der Waals surface area contributed by atoms with Crippen molar-refractivity contribution in [3.8, 4) is 5.69 Å². The Labute approximate surface area is 192 Å². The van der Waals surface area contributed by atoms with Crippen molar-refractivity contribution < 1.29 is 13.6 Å². The largest absolute Gasteiger partial charge is 0.342 e. The minimum absolute atomic E-state index is 0.116. The number of rotatable bonds is 4. The lowest BCUT2D eigenvalue weighted by molar-refractivity contribution is -0.120. The molecular formula is C24H20F2N4O2S. The van der Waals surface area contributed by atoms with Gasteiger partial charge in [0.1, 0.15) is 4.70 Å². The standard InChI is InChI=1S/C24H20F2N4O2S/c25-18-7-6-16(14-19(18)26)27-22(31)15-8-11-29(12-9-15)24-28-20-10-13-33-21(20)23(32)30(24)17-4-2-1-3-5-17/h1-7,10,13-15H,8-9,11-12H2,(H,27,31). The Morgan fingerprint density at radius 2 is 1.79 bits per heavy atom. The lowest BCUT2D eigenvalue weighted by Gasteiger charge is -2.33. The number of aromatic nitrogens is 2. The van der Waals surface area contributed by atoms with Crippen molar-refractivity contribution in [1.29, 1.82) is 0 Å². The highest BCUT2D eigenvalue weighted by Gasteiger charge is 2.28. The van der Waals surface area contributed by atoms with Crippen molar-refractivity contribution in [1.82, 2.24) is 9.55 Å². The molecule has 5 rings (SSSR count). The summed E-state index contributed by atoms with van der Waals surface area (Å²) in [6.45, 7) is 1.07. The van der Waals surface area contributed by atoms with E-state index in [1.54, 1.807) is 4.57 Å². The third-order valence-corrected chi connectivity index (χ3v) is 6.70. The first-order valence-electron chi connectivity index (χ1n) is 10.6. The number of para-hydroxylation sites is 1. The smallest absolute Gasteiger partial charge is 0.277 e. The number of nitrogens with zero attached hydrogens (tertiary/aromatic N) is 3. The van der Waals surface area contributed by atoms with Gasteiger partial charge in [-0.25, -0.2) is 18.3 Å². The predicted octanol–water partition coefficient (Wildman–Crippen LogP) is 4.58. The van der Waals surface area contributed by atoms with E-state index in [-0.39, 0.29) is 23.1 Å². The minimum atomic E-state index is -1.00. The maximum atomic E-state index is 13.4. The van der Waals surface area contributed by atoms with Gasteiger partial charge >= 0.3 is 0 Å². The van der Waals surface area contributed by atoms with E-state index in [1.165, 1.54) is 17.4 Å². The highest BCUT2D eigenvalue weighted by Crippen LogP contribution is 2.27. The fourth-order valence-corrected chi connectivity index (χ4v) is 4.84. The van der Waals surface area contributed by atoms with Crippen LogP contribution in [0.2, 0.25) is 0 Å². The summed E-state index contributed by atoms with van der Waals surface area (Å²) in [6.07, 6.45) is 1.09. The third kappa shape index (κ3) is 4.11. The molecule has 3 heterocycles. The summed E-state index contributed by atoms with van der Waals surface area (Å²) in [4.78, 5) is 32.7. The summed E-state index contributed by atoms with van der Waals surface area (Å²) in [6, 6.07) is 14.5. The van der Waals surface area contributed by atoms with E-state index in [4.69, 9.17) is 4.98 Å². The average molecular weight is 467 g/mol. The quantitative estimate of drug-likeness (QED) is 0.478. The first-order chi connectivity index (χ1) is 16.0. The highest BCUT2D eigenvalue weighted by atomic mass is 32.1. The highest BCUT2D eigenvalue weighted by molar-refractivity contribution is 7.17. The molecule has 2 aromatic heterocycles. The number of piperidine rings is 1. The number of anilines is 2. The van der Waals surface area contributed by atoms with Gasteiger partial charge in [0, 0.05) is 30.8 Å². The first kappa shape index (κ1) is 21.3. The van der Waals surface area contributed by atoms with Gasteiger partial charge in [0.2, 0.25) is 11.9 Å². The van der Waals surface area contributed by atoms with Gasteiger partial charge in [0.25, 0.3) is 5.56 Å². The molecule has 1 aliphatic heterocycles. The van der Waals surface area contributed by atoms with Gasteiger partial charge in [0.15, 0.2) is 11.6 Å². The Bertz CT molecular complexity index is 1380. The van der Waals surface area contributed by atoms with Crippen LogP contribution in [0.4, 0.5) is 20.4 Å². The van der Waals surface area contributed by atoms with E-state index >= 15 is 0 Å². The Balaban J connectivity index is 1.38. The third-order valence-electron chi connectivity index (χ3n) is 5.81. The molecule has 4 aromatic rings. The Kier molecular flexibility index (Phi) is 5.63. The maximum Gasteiger partial charge on any atom is 0.277 e. The molecule has 0 radical (unpaired) electrons. The molecule has 1 aliphatic rings. The second-order valence-corrected chi connectivity index (χ2v) is 8.82. The van der Waals surface area contributed by atoms with Crippen LogP contribution in [0, 0.1) is 17.6 Å². The van der Waals surface area contributed by atoms with Crippen molar-refractivity contribution in [2.24, 2.45) is 5.92 Å². The van der Waals surface area contributed by atoms with Crippen LogP contribution in [0.15, 0.2) is 64.8 Å². The minimum Gasteiger partial charge on any atom is -0.342 e. The zero-order chi connectivity index (χ0) is 22.9. The van der Waals surface area contributed by atoms with Gasteiger partial charge in [-0.2, -0.15) is 0 Å². The number of halogens is 2. The van der Waals surface area contributed by atoms with Crippen LogP contribution in [0.3, 0.4) is 0 Å². The van der Waals surface area contributed by atoms with Gasteiger partial charge in [-0.05, 0) is 48.6 Å². The van der Waals surface area contributed by atoms with E-state index in [2.05, 4.69) is 5.32 Å². The number of hydrogen-bond donors (Lipinski definition) is 1. The summed E-state index contributed by atoms with van der Waals surface area (Å²) in [5.41, 5.74) is 1.50. The Hall–Kier alpha value is -3.59. The van der Waals surface area contributed by atoms with Crippen LogP contribution in [0.25, 0.3) is 15.9 Å². The SMILES string of the molecule is O=C(Nc1ccc(F)c(F)c1)C1CCN(c2nc3ccsc3c(=O)n2-c2ccccc2)CC1. The van der Waals surface area contributed by atoms with Gasteiger partial charge in [-0.3, -0.25) is 9.59 Å². The number of benzene rings is 2. The summed E-state index contributed by atoms with van der Waals surface area (Å²) >= 11 is 1.37. The number of fused-ring (bicyclic) bond motifs is 1. The molecule has 9 heteroatoms. The van der Waals surface area contributed by atoms with Crippen molar-refractivity contribution in [2.45, 2.75) is 12.8 Å². The fraction of sp³-hybridized carbons (Fsp3) is 0.208. The van der Waals surface area contributed by atoms with Gasteiger partial charge in [-0.1, -0.05) is 18.2 Å². The van der Waals surface area contributed by atoms with Crippen molar-refractivity contribution in [3.05, 3.63) is 82.0 Å². The molecule has 1 saturated heterocycles. The van der Waals surface area contributed by atoms with E-state index < -0.39 is 11.6 Å². The molecule has 6 nitrogen and oxygen atoms in total. The van der Waals surface area contributed by atoms with Crippen LogP contribution in [-0.4, -0.2) is 28.5 Å². The molecule has 1 amide bonds. The predicted molar refractivity (Wildman–Crippen MR) is 125 cm³/mol. The van der Waals surface area contributed by atoms with E-state index in [0.29, 0.717) is 42.1 Å². The van der Waals surface area contributed by atoms with Crippen LogP contribution in [0.5, 0.6) is 0 Å². The second-order valence-electron chi connectivity index (χ2n) is 7.90. The lowest BCUT2D eigenvalue weighted by atomic mass is 9.96. The number of thiophene rings is 1. The number of nitrogens with one attached hydrogen (secondary N) is 1. The number of carbonyl (C=O) groups is 1. The molecule has 1 N–H and O–H groups in total. The zero-order valence-electron chi connectivity index (χ0n) is 17.5. The van der Waals surface area contributed by atoms with Crippen molar-refractivity contribution >= 4 is 39.1 Å². The summed E-state index contributed by atoms with van der Waals surface area (Å²) in [5.74, 6) is -1.92. The fourth-order valence-electron chi connectivity index (χ4n) is 4.08. The summed E-state index contributed by atoms with van der Waals surface area (Å²) < 4.78 is 28.8. The number of hydrogen-bond acceptors (Lipinski definition) is 5. The molecule has 0 atom stereocenters. The Morgan fingerprint density at radius 1 is 1.03 bits per heavy atom. The van der Waals surface area contributed by atoms with Gasteiger partial charge in [-0.15, -0.1) is 11.3 Å². The first-order valence-corrected chi connectivity index (χ1v) is 11.5. The molecule has 0 saturated carbocycles. The molecule has 0 bridgehead atoms. The molecule has 0 aliphatic carbocycles. The average Bonchev–Trinajstić information content (AvgIpc) is 3.31. The van der Waals surface area contributed by atoms with Crippen LogP contribution >= 0.6 is 11.3 Å². The van der Waals surface area contributed by atoms with Crippen molar-refractivity contribution in [2.75, 3.05) is 23.3 Å². The number of amides is 1. The van der Waals surface area contributed by atoms with Crippen molar-refractivity contribution in [3.63, 3.8) is 0 Å². The van der Waals surface area contributed by atoms with E-state index in [9.17, 15) is 18.4 Å². The zero-order valence-corrected chi connectivity index (χ0v) is 18.3. The monoisotopic (exact) mass is 466 g/mol. The molecule has 168 valence electrons. The van der Waals surface area contributed by atoms with Crippen LogP contribution in [-0.2, 0) is 4.79 Å². The molecule has 0 unspecified atom stereocenters. The second kappa shape index (κ2) is 8.74. The normalized spacial score (nSPS) is 14.5. The van der Waals surface area contributed by atoms with Crippen LogP contribution in [0.1, 0.15) is 12.8 Å². The molecular weight excluding hydrogens is 446 g/mol. The van der Waals surface area contributed by atoms with E-state index in [1.807, 2.05) is 46.7 Å².